The van der Waals surface area contributed by atoms with Crippen molar-refractivity contribution in [1.29, 1.82) is 0 Å². The summed E-state index contributed by atoms with van der Waals surface area (Å²) >= 11 is 0. The maximum absolute atomic E-state index is 12.5. The molecule has 2 heterocycles. The van der Waals surface area contributed by atoms with Crippen LogP contribution in [0.2, 0.25) is 5.04 Å². The lowest BCUT2D eigenvalue weighted by atomic mass is 10.2. The SMILES string of the molecule is Cc1cn([C@H]2C[C@H](O[Si](c3ccccc3)(c3ccccc3)C(C)(C)C)[C@@H](C=O)O2)c(=O)[nH]c1=O. The minimum absolute atomic E-state index is 0.271. The molecular formula is C26H30N2O5Si. The van der Waals surface area contributed by atoms with E-state index in [1.165, 1.54) is 10.8 Å². The molecule has 1 saturated heterocycles. The fraction of sp³-hybridized carbons (Fsp3) is 0.346. The van der Waals surface area contributed by atoms with Gasteiger partial charge in [0.25, 0.3) is 13.9 Å². The van der Waals surface area contributed by atoms with Crippen molar-refractivity contribution in [1.82, 2.24) is 9.55 Å². The van der Waals surface area contributed by atoms with E-state index < -0.39 is 38.0 Å². The van der Waals surface area contributed by atoms with Gasteiger partial charge in [0.05, 0.1) is 6.10 Å². The van der Waals surface area contributed by atoms with Crippen LogP contribution in [0.15, 0.2) is 76.4 Å². The number of carbonyl (C=O) groups excluding carboxylic acids is 1. The number of carbonyl (C=O) groups is 1. The lowest BCUT2D eigenvalue weighted by molar-refractivity contribution is -0.122. The molecule has 1 N–H and O–H groups in total. The largest absolute Gasteiger partial charge is 0.401 e. The highest BCUT2D eigenvalue weighted by Gasteiger charge is 2.53. The Hall–Kier alpha value is -3.07. The predicted molar refractivity (Wildman–Crippen MR) is 133 cm³/mol. The first-order valence-electron chi connectivity index (χ1n) is 11.4. The average molecular weight is 479 g/mol. The lowest BCUT2D eigenvalue weighted by Crippen LogP contribution is -2.68. The van der Waals surface area contributed by atoms with Crippen LogP contribution in [0.5, 0.6) is 0 Å². The molecule has 34 heavy (non-hydrogen) atoms. The summed E-state index contributed by atoms with van der Waals surface area (Å²) in [5, 5.41) is 1.92. The smallest absolute Gasteiger partial charge is 0.330 e. The van der Waals surface area contributed by atoms with Crippen molar-refractivity contribution in [2.24, 2.45) is 0 Å². The van der Waals surface area contributed by atoms with Gasteiger partial charge in [0.1, 0.15) is 12.3 Å². The van der Waals surface area contributed by atoms with Gasteiger partial charge in [-0.2, -0.15) is 0 Å². The average Bonchev–Trinajstić information content (AvgIpc) is 3.22. The first kappa shape index (κ1) is 24.1. The van der Waals surface area contributed by atoms with Crippen LogP contribution in [0, 0.1) is 6.92 Å². The molecule has 0 amide bonds. The van der Waals surface area contributed by atoms with Gasteiger partial charge in [0.15, 0.2) is 6.29 Å². The molecule has 0 saturated carbocycles. The molecule has 1 fully saturated rings. The van der Waals surface area contributed by atoms with Crippen LogP contribution in [-0.4, -0.2) is 36.4 Å². The van der Waals surface area contributed by atoms with E-state index in [0.717, 1.165) is 16.7 Å². The number of nitrogens with zero attached hydrogens (tertiary/aromatic N) is 1. The minimum atomic E-state index is -2.92. The first-order valence-corrected chi connectivity index (χ1v) is 13.3. The van der Waals surface area contributed by atoms with Crippen molar-refractivity contribution in [2.45, 2.75) is 57.6 Å². The van der Waals surface area contributed by atoms with E-state index in [4.69, 9.17) is 9.16 Å². The zero-order chi connectivity index (χ0) is 24.5. The fourth-order valence-electron chi connectivity index (χ4n) is 4.79. The molecule has 8 heteroatoms. The number of hydrogen-bond acceptors (Lipinski definition) is 5. The van der Waals surface area contributed by atoms with Crippen LogP contribution >= 0.6 is 0 Å². The van der Waals surface area contributed by atoms with Gasteiger partial charge in [-0.3, -0.25) is 14.3 Å². The highest BCUT2D eigenvalue weighted by atomic mass is 28.4. The monoisotopic (exact) mass is 478 g/mol. The Morgan fingerprint density at radius 2 is 1.59 bits per heavy atom. The van der Waals surface area contributed by atoms with Crippen molar-refractivity contribution in [3.63, 3.8) is 0 Å². The summed E-state index contributed by atoms with van der Waals surface area (Å²) in [6.45, 7) is 8.12. The standard InChI is InChI=1S/C26H30N2O5Si/c1-18-16-28(25(31)27-24(18)30)23-15-21(22(17-29)32-23)33-34(26(2,3)4,19-11-7-5-8-12-19)20-13-9-6-10-14-20/h5-14,16-17,21-23H,15H2,1-4H3,(H,27,30,31)/t21-,22+,23+/m0/s1. The number of rotatable bonds is 6. The Labute approximate surface area is 199 Å². The van der Waals surface area contributed by atoms with Crippen molar-refractivity contribution < 1.29 is 14.0 Å². The number of aryl methyl sites for hydroxylation is 1. The lowest BCUT2D eigenvalue weighted by Gasteiger charge is -2.44. The Bertz CT molecular complexity index is 1220. The molecule has 0 radical (unpaired) electrons. The molecule has 0 spiro atoms. The zero-order valence-electron chi connectivity index (χ0n) is 19.9. The van der Waals surface area contributed by atoms with Gasteiger partial charge in [-0.05, 0) is 22.3 Å². The summed E-state index contributed by atoms with van der Waals surface area (Å²) < 4.78 is 14.4. The molecular weight excluding hydrogens is 448 g/mol. The normalized spacial score (nSPS) is 20.9. The summed E-state index contributed by atoms with van der Waals surface area (Å²) in [4.78, 5) is 38.7. The molecule has 4 rings (SSSR count). The quantitative estimate of drug-likeness (QED) is 0.434. The van der Waals surface area contributed by atoms with E-state index in [-0.39, 0.29) is 5.04 Å². The fourth-order valence-corrected chi connectivity index (χ4v) is 9.49. The van der Waals surface area contributed by atoms with Crippen molar-refractivity contribution in [2.75, 3.05) is 0 Å². The third-order valence-electron chi connectivity index (χ3n) is 6.45. The number of ether oxygens (including phenoxy) is 1. The van der Waals surface area contributed by atoms with Gasteiger partial charge in [-0.1, -0.05) is 81.4 Å². The second-order valence-corrected chi connectivity index (χ2v) is 14.0. The molecule has 2 aromatic carbocycles. The Balaban J connectivity index is 1.80. The molecule has 1 aromatic heterocycles. The van der Waals surface area contributed by atoms with Crippen LogP contribution in [0.25, 0.3) is 0 Å². The summed E-state index contributed by atoms with van der Waals surface area (Å²) in [5.41, 5.74) is -0.621. The topological polar surface area (TPSA) is 90.4 Å². The summed E-state index contributed by atoms with van der Waals surface area (Å²) in [6, 6.07) is 20.3. The van der Waals surface area contributed by atoms with Crippen molar-refractivity contribution in [3.8, 4) is 0 Å². The zero-order valence-corrected chi connectivity index (χ0v) is 20.9. The van der Waals surface area contributed by atoms with E-state index in [0.29, 0.717) is 12.0 Å². The van der Waals surface area contributed by atoms with Gasteiger partial charge in [-0.15, -0.1) is 0 Å². The Kier molecular flexibility index (Phi) is 6.57. The van der Waals surface area contributed by atoms with E-state index >= 15 is 0 Å². The molecule has 0 bridgehead atoms. The third kappa shape index (κ3) is 4.24. The van der Waals surface area contributed by atoms with E-state index in [9.17, 15) is 14.4 Å². The first-order chi connectivity index (χ1) is 16.2. The number of hydrogen-bond donors (Lipinski definition) is 1. The second-order valence-electron chi connectivity index (χ2n) is 9.73. The summed E-state index contributed by atoms with van der Waals surface area (Å²) in [6.07, 6.45) is 0.393. The van der Waals surface area contributed by atoms with E-state index in [1.54, 1.807) is 6.92 Å². The molecule has 3 aromatic rings. The highest BCUT2D eigenvalue weighted by Crippen LogP contribution is 2.40. The molecule has 1 aliphatic heterocycles. The number of nitrogens with one attached hydrogen (secondary N) is 1. The van der Waals surface area contributed by atoms with Crippen molar-refractivity contribution >= 4 is 25.0 Å². The van der Waals surface area contributed by atoms with Crippen molar-refractivity contribution in [3.05, 3.63) is 93.3 Å². The van der Waals surface area contributed by atoms with Crippen LogP contribution in [-0.2, 0) is 14.0 Å². The van der Waals surface area contributed by atoms with Crippen LogP contribution in [0.1, 0.15) is 39.0 Å². The summed E-state index contributed by atoms with van der Waals surface area (Å²) in [5.74, 6) is 0. The Morgan fingerprint density at radius 3 is 2.09 bits per heavy atom. The predicted octanol–water partition coefficient (Wildman–Crippen LogP) is 2.28. The number of H-pyrrole nitrogens is 1. The van der Waals surface area contributed by atoms with Gasteiger partial charge < -0.3 is 14.0 Å². The van der Waals surface area contributed by atoms with Gasteiger partial charge >= 0.3 is 5.69 Å². The van der Waals surface area contributed by atoms with Crippen LogP contribution < -0.4 is 21.6 Å². The van der Waals surface area contributed by atoms with E-state index in [2.05, 4.69) is 50.0 Å². The molecule has 178 valence electrons. The maximum Gasteiger partial charge on any atom is 0.330 e. The highest BCUT2D eigenvalue weighted by molar-refractivity contribution is 6.99. The third-order valence-corrected chi connectivity index (χ3v) is 11.5. The maximum atomic E-state index is 12.5. The molecule has 0 unspecified atom stereocenters. The van der Waals surface area contributed by atoms with Gasteiger partial charge in [0, 0.05) is 18.2 Å². The minimum Gasteiger partial charge on any atom is -0.401 e. The molecule has 0 aliphatic carbocycles. The molecule has 7 nitrogen and oxygen atoms in total. The number of aromatic nitrogens is 2. The Morgan fingerprint density at radius 1 is 1.03 bits per heavy atom. The second kappa shape index (κ2) is 9.29. The van der Waals surface area contributed by atoms with Gasteiger partial charge in [0.2, 0.25) is 0 Å². The summed E-state index contributed by atoms with van der Waals surface area (Å²) in [7, 11) is -2.92. The van der Waals surface area contributed by atoms with E-state index in [1.807, 2.05) is 36.4 Å². The van der Waals surface area contributed by atoms with Gasteiger partial charge in [-0.25, -0.2) is 4.79 Å². The molecule has 1 aliphatic rings. The number of aldehydes is 1. The number of aromatic amines is 1. The molecule has 3 atom stereocenters. The van der Waals surface area contributed by atoms with Crippen LogP contribution in [0.3, 0.4) is 0 Å². The number of benzene rings is 2. The van der Waals surface area contributed by atoms with Crippen LogP contribution in [0.4, 0.5) is 0 Å².